The standard InChI is InChI=1S/C12H14INO3/c1-16-9-4-2-8(3-5-9)11-6-10(7-13)17-12(15)14-11/h2-5,10-11H,6-7H2,1H3,(H,14,15)/t10-,11+/m1/s1. The second-order valence-electron chi connectivity index (χ2n) is 3.89. The third-order valence-corrected chi connectivity index (χ3v) is 3.74. The van der Waals surface area contributed by atoms with E-state index in [1.54, 1.807) is 7.11 Å². The predicted octanol–water partition coefficient (Wildman–Crippen LogP) is 2.67. The fourth-order valence-corrected chi connectivity index (χ4v) is 2.39. The third kappa shape index (κ3) is 3.02. The van der Waals surface area contributed by atoms with E-state index in [-0.39, 0.29) is 18.2 Å². The summed E-state index contributed by atoms with van der Waals surface area (Å²) in [6, 6.07) is 7.77. The summed E-state index contributed by atoms with van der Waals surface area (Å²) < 4.78 is 11.1. The van der Waals surface area contributed by atoms with Crippen molar-refractivity contribution in [1.29, 1.82) is 0 Å². The van der Waals surface area contributed by atoms with Crippen LogP contribution in [0, 0.1) is 0 Å². The van der Waals surface area contributed by atoms with E-state index in [4.69, 9.17) is 9.47 Å². The summed E-state index contributed by atoms with van der Waals surface area (Å²) in [5, 5.41) is 2.83. The van der Waals surface area contributed by atoms with Gasteiger partial charge in [0.2, 0.25) is 0 Å². The molecule has 0 unspecified atom stereocenters. The zero-order chi connectivity index (χ0) is 12.3. The minimum absolute atomic E-state index is 0.00329. The minimum atomic E-state index is -0.335. The topological polar surface area (TPSA) is 47.6 Å². The van der Waals surface area contributed by atoms with E-state index in [9.17, 15) is 4.79 Å². The van der Waals surface area contributed by atoms with Gasteiger partial charge in [-0.3, -0.25) is 0 Å². The Hall–Kier alpha value is -0.980. The largest absolute Gasteiger partial charge is 0.497 e. The SMILES string of the molecule is COc1ccc([C@@H]2C[C@H](CI)OC(=O)N2)cc1. The number of hydrogen-bond acceptors (Lipinski definition) is 3. The molecule has 1 heterocycles. The fraction of sp³-hybridized carbons (Fsp3) is 0.417. The molecule has 2 atom stereocenters. The number of benzene rings is 1. The van der Waals surface area contributed by atoms with Crippen molar-refractivity contribution in [3.05, 3.63) is 29.8 Å². The van der Waals surface area contributed by atoms with E-state index in [0.717, 1.165) is 22.2 Å². The summed E-state index contributed by atoms with van der Waals surface area (Å²) in [4.78, 5) is 11.4. The summed E-state index contributed by atoms with van der Waals surface area (Å²) in [6.07, 6.45) is 0.469. The van der Waals surface area contributed by atoms with Crippen LogP contribution in [0.15, 0.2) is 24.3 Å². The van der Waals surface area contributed by atoms with Crippen molar-refractivity contribution in [2.75, 3.05) is 11.5 Å². The average molecular weight is 347 g/mol. The van der Waals surface area contributed by atoms with Crippen LogP contribution in [0.25, 0.3) is 0 Å². The van der Waals surface area contributed by atoms with E-state index in [0.29, 0.717) is 0 Å². The number of ether oxygens (including phenoxy) is 2. The molecule has 1 fully saturated rings. The van der Waals surface area contributed by atoms with E-state index < -0.39 is 0 Å². The van der Waals surface area contributed by atoms with E-state index in [2.05, 4.69) is 27.9 Å². The van der Waals surface area contributed by atoms with E-state index >= 15 is 0 Å². The number of hydrogen-bond donors (Lipinski definition) is 1. The highest BCUT2D eigenvalue weighted by molar-refractivity contribution is 14.1. The number of alkyl carbamates (subject to hydrolysis) is 1. The maximum Gasteiger partial charge on any atom is 0.407 e. The van der Waals surface area contributed by atoms with Crippen molar-refractivity contribution >= 4 is 28.7 Å². The molecular weight excluding hydrogens is 333 g/mol. The Labute approximate surface area is 114 Å². The van der Waals surface area contributed by atoms with Crippen LogP contribution < -0.4 is 10.1 Å². The van der Waals surface area contributed by atoms with Gasteiger partial charge in [-0.25, -0.2) is 4.79 Å². The zero-order valence-corrected chi connectivity index (χ0v) is 11.6. The van der Waals surface area contributed by atoms with Crippen molar-refractivity contribution in [3.63, 3.8) is 0 Å². The Morgan fingerprint density at radius 2 is 2.18 bits per heavy atom. The zero-order valence-electron chi connectivity index (χ0n) is 9.48. The lowest BCUT2D eigenvalue weighted by Gasteiger charge is -2.29. The Bertz CT molecular complexity index is 393. The van der Waals surface area contributed by atoms with Gasteiger partial charge in [0.25, 0.3) is 0 Å². The molecule has 2 rings (SSSR count). The second-order valence-corrected chi connectivity index (χ2v) is 4.77. The number of alkyl halides is 1. The van der Waals surface area contributed by atoms with Gasteiger partial charge < -0.3 is 14.8 Å². The molecule has 0 spiro atoms. The number of carbonyl (C=O) groups excluding carboxylic acids is 1. The van der Waals surface area contributed by atoms with Gasteiger partial charge in [-0.15, -0.1) is 0 Å². The van der Waals surface area contributed by atoms with Gasteiger partial charge >= 0.3 is 6.09 Å². The first-order valence-electron chi connectivity index (χ1n) is 5.40. The first kappa shape index (κ1) is 12.5. The van der Waals surface area contributed by atoms with Crippen LogP contribution in [0.3, 0.4) is 0 Å². The van der Waals surface area contributed by atoms with Gasteiger partial charge in [0.1, 0.15) is 11.9 Å². The molecule has 0 aromatic heterocycles. The van der Waals surface area contributed by atoms with Crippen LogP contribution in [0.5, 0.6) is 5.75 Å². The van der Waals surface area contributed by atoms with Gasteiger partial charge in [0.15, 0.2) is 0 Å². The third-order valence-electron chi connectivity index (χ3n) is 2.75. The Kier molecular flexibility index (Phi) is 4.09. The van der Waals surface area contributed by atoms with Gasteiger partial charge in [0.05, 0.1) is 13.2 Å². The lowest BCUT2D eigenvalue weighted by Crippen LogP contribution is -2.41. The molecule has 92 valence electrons. The number of amides is 1. The molecule has 1 aliphatic rings. The first-order chi connectivity index (χ1) is 8.22. The number of rotatable bonds is 3. The molecule has 0 saturated carbocycles. The van der Waals surface area contributed by atoms with Crippen molar-refractivity contribution < 1.29 is 14.3 Å². The van der Waals surface area contributed by atoms with E-state index in [1.807, 2.05) is 24.3 Å². The molecule has 1 aromatic rings. The van der Waals surface area contributed by atoms with E-state index in [1.165, 1.54) is 0 Å². The van der Waals surface area contributed by atoms with Gasteiger partial charge in [-0.1, -0.05) is 34.7 Å². The summed E-state index contributed by atoms with van der Waals surface area (Å²) in [5.74, 6) is 0.817. The quantitative estimate of drug-likeness (QED) is 0.676. The molecule has 1 saturated heterocycles. The minimum Gasteiger partial charge on any atom is -0.497 e. The molecular formula is C12H14INO3. The summed E-state index contributed by atoms with van der Waals surface area (Å²) in [5.41, 5.74) is 1.08. The lowest BCUT2D eigenvalue weighted by atomic mass is 10.0. The highest BCUT2D eigenvalue weighted by Gasteiger charge is 2.27. The lowest BCUT2D eigenvalue weighted by molar-refractivity contribution is 0.0723. The van der Waals surface area contributed by atoms with Crippen LogP contribution in [0.1, 0.15) is 18.0 Å². The summed E-state index contributed by atoms with van der Waals surface area (Å²) in [7, 11) is 1.64. The number of carbonyl (C=O) groups is 1. The Morgan fingerprint density at radius 3 is 2.76 bits per heavy atom. The van der Waals surface area contributed by atoms with Gasteiger partial charge in [0, 0.05) is 10.8 Å². The summed E-state index contributed by atoms with van der Waals surface area (Å²) >= 11 is 2.23. The molecule has 0 bridgehead atoms. The first-order valence-corrected chi connectivity index (χ1v) is 6.92. The van der Waals surface area contributed by atoms with Crippen molar-refractivity contribution in [2.24, 2.45) is 0 Å². The molecule has 1 aliphatic heterocycles. The Morgan fingerprint density at radius 1 is 1.47 bits per heavy atom. The molecule has 0 aliphatic carbocycles. The smallest absolute Gasteiger partial charge is 0.407 e. The monoisotopic (exact) mass is 347 g/mol. The molecule has 4 nitrogen and oxygen atoms in total. The maximum absolute atomic E-state index is 11.4. The second kappa shape index (κ2) is 5.57. The average Bonchev–Trinajstić information content (AvgIpc) is 2.38. The van der Waals surface area contributed by atoms with Crippen LogP contribution in [-0.2, 0) is 4.74 Å². The molecule has 0 radical (unpaired) electrons. The maximum atomic E-state index is 11.4. The number of methoxy groups -OCH3 is 1. The summed E-state index contributed by atoms with van der Waals surface area (Å²) in [6.45, 7) is 0. The molecule has 17 heavy (non-hydrogen) atoms. The van der Waals surface area contributed by atoms with Crippen molar-refractivity contribution in [1.82, 2.24) is 5.32 Å². The number of cyclic esters (lactones) is 1. The molecule has 1 N–H and O–H groups in total. The number of nitrogens with one attached hydrogen (secondary N) is 1. The van der Waals surface area contributed by atoms with Gasteiger partial charge in [-0.05, 0) is 17.7 Å². The van der Waals surface area contributed by atoms with Gasteiger partial charge in [-0.2, -0.15) is 0 Å². The molecule has 1 amide bonds. The van der Waals surface area contributed by atoms with Crippen LogP contribution in [-0.4, -0.2) is 23.7 Å². The molecule has 1 aromatic carbocycles. The molecule has 5 heteroatoms. The Balaban J connectivity index is 2.12. The van der Waals surface area contributed by atoms with Crippen molar-refractivity contribution in [2.45, 2.75) is 18.6 Å². The highest BCUT2D eigenvalue weighted by atomic mass is 127. The number of halogens is 1. The normalized spacial score (nSPS) is 23.8. The predicted molar refractivity (Wildman–Crippen MR) is 72.6 cm³/mol. The van der Waals surface area contributed by atoms with Crippen LogP contribution in [0.4, 0.5) is 4.79 Å². The highest BCUT2D eigenvalue weighted by Crippen LogP contribution is 2.26. The van der Waals surface area contributed by atoms with Crippen LogP contribution in [0.2, 0.25) is 0 Å². The van der Waals surface area contributed by atoms with Crippen LogP contribution >= 0.6 is 22.6 Å². The van der Waals surface area contributed by atoms with Crippen molar-refractivity contribution in [3.8, 4) is 5.75 Å². The fourth-order valence-electron chi connectivity index (χ4n) is 1.85.